The van der Waals surface area contributed by atoms with Gasteiger partial charge in [-0.1, -0.05) is 25.5 Å². The Kier molecular flexibility index (Phi) is 4.88. The predicted octanol–water partition coefficient (Wildman–Crippen LogP) is 4.23. The van der Waals surface area contributed by atoms with Gasteiger partial charge in [0.15, 0.2) is 0 Å². The van der Waals surface area contributed by atoms with Crippen LogP contribution in [-0.2, 0) is 10.3 Å². The van der Waals surface area contributed by atoms with Crippen LogP contribution in [0.15, 0.2) is 36.4 Å². The van der Waals surface area contributed by atoms with E-state index in [1.165, 1.54) is 18.6 Å². The number of hydrogen-bond acceptors (Lipinski definition) is 5. The van der Waals surface area contributed by atoms with Gasteiger partial charge in [0.1, 0.15) is 11.8 Å². The molecular weight excluding hydrogens is 368 g/mol. The molecule has 1 saturated carbocycles. The highest BCUT2D eigenvalue weighted by atomic mass is 16.6. The Morgan fingerprint density at radius 3 is 2.55 bits per heavy atom. The Balaban J connectivity index is 1.78. The van der Waals surface area contributed by atoms with Gasteiger partial charge in [-0.25, -0.2) is 0 Å². The van der Waals surface area contributed by atoms with Crippen LogP contribution in [-0.4, -0.2) is 39.3 Å². The summed E-state index contributed by atoms with van der Waals surface area (Å²) in [5.74, 6) is 0.843. The fourth-order valence-corrected chi connectivity index (χ4v) is 5.95. The number of rotatable bonds is 3. The van der Waals surface area contributed by atoms with E-state index in [4.69, 9.17) is 4.74 Å². The molecule has 4 rings (SSSR count). The molecule has 3 aliphatic rings. The minimum atomic E-state index is -1.29. The molecule has 2 heterocycles. The maximum absolute atomic E-state index is 12.1. The van der Waals surface area contributed by atoms with Gasteiger partial charge < -0.3 is 9.84 Å². The smallest absolute Gasteiger partial charge is 0.269 e. The van der Waals surface area contributed by atoms with E-state index in [1.54, 1.807) is 12.1 Å². The number of hydrogen-bond donors (Lipinski definition) is 1. The summed E-state index contributed by atoms with van der Waals surface area (Å²) in [5.41, 5.74) is 0.180. The predicted molar refractivity (Wildman–Crippen MR) is 111 cm³/mol. The Morgan fingerprint density at radius 1 is 1.31 bits per heavy atom. The quantitative estimate of drug-likeness (QED) is 0.467. The first kappa shape index (κ1) is 20.5. The highest BCUT2D eigenvalue weighted by molar-refractivity contribution is 5.39. The number of nitro benzene ring substituents is 1. The van der Waals surface area contributed by atoms with Gasteiger partial charge in [0.2, 0.25) is 0 Å². The van der Waals surface area contributed by atoms with E-state index < -0.39 is 16.8 Å². The molecule has 6 nitrogen and oxygen atoms in total. The third-order valence-corrected chi connectivity index (χ3v) is 7.71. The average Bonchev–Trinajstić information content (AvgIpc) is 2.96. The third-order valence-electron chi connectivity index (χ3n) is 7.71. The van der Waals surface area contributed by atoms with Crippen LogP contribution in [0.1, 0.15) is 52.5 Å². The zero-order chi connectivity index (χ0) is 21.1. The first-order chi connectivity index (χ1) is 13.6. The molecule has 0 amide bonds. The van der Waals surface area contributed by atoms with Crippen molar-refractivity contribution in [2.24, 2.45) is 17.8 Å². The van der Waals surface area contributed by atoms with Gasteiger partial charge in [0.05, 0.1) is 11.0 Å². The summed E-state index contributed by atoms with van der Waals surface area (Å²) < 4.78 is 6.65. The van der Waals surface area contributed by atoms with E-state index in [1.807, 2.05) is 6.92 Å². The summed E-state index contributed by atoms with van der Waals surface area (Å²) in [6.45, 7) is 13.6. The maximum Gasteiger partial charge on any atom is 0.269 e. The van der Waals surface area contributed by atoms with Crippen LogP contribution in [0, 0.1) is 27.9 Å². The lowest BCUT2D eigenvalue weighted by atomic mass is 9.69. The van der Waals surface area contributed by atoms with Gasteiger partial charge >= 0.3 is 0 Å². The molecule has 6 atom stereocenters. The van der Waals surface area contributed by atoms with Crippen LogP contribution in [0.3, 0.4) is 0 Å². The summed E-state index contributed by atoms with van der Waals surface area (Å²) >= 11 is 0. The van der Waals surface area contributed by atoms with Crippen molar-refractivity contribution < 1.29 is 14.8 Å². The van der Waals surface area contributed by atoms with E-state index in [9.17, 15) is 15.2 Å². The number of nitro groups is 1. The average molecular weight is 401 g/mol. The topological polar surface area (TPSA) is 75.8 Å². The zero-order valence-corrected chi connectivity index (χ0v) is 17.8. The Labute approximate surface area is 172 Å². The largest absolute Gasteiger partial charge is 0.380 e. The van der Waals surface area contributed by atoms with Gasteiger partial charge in [-0.05, 0) is 57.2 Å². The Hall–Kier alpha value is -1.76. The van der Waals surface area contributed by atoms with Crippen LogP contribution >= 0.6 is 0 Å². The van der Waals surface area contributed by atoms with Gasteiger partial charge in [0.25, 0.3) is 5.69 Å². The molecule has 1 aromatic carbocycles. The standard InChI is InChI=1S/C23H32N2O4/c1-14(2)19-13-24-21(23(19,26)16-7-9-17(10-8-16)25(27)28)29-20-12-15(3)6-11-18(20)22(24,4)5/h7-10,15,18-21,26H,1,6,11-13H2,2-5H3/t15-,18-,19-,20-,21+,23+/m1/s1. The van der Waals surface area contributed by atoms with E-state index in [0.29, 0.717) is 23.9 Å². The number of aliphatic hydroxyl groups is 1. The summed E-state index contributed by atoms with van der Waals surface area (Å²) in [5, 5.41) is 23.2. The molecule has 0 spiro atoms. The lowest BCUT2D eigenvalue weighted by molar-refractivity contribution is -0.384. The van der Waals surface area contributed by atoms with Crippen molar-refractivity contribution in [3.8, 4) is 0 Å². The van der Waals surface area contributed by atoms with E-state index in [2.05, 4.69) is 32.3 Å². The van der Waals surface area contributed by atoms with Gasteiger partial charge in [-0.3, -0.25) is 15.0 Å². The van der Waals surface area contributed by atoms with Crippen LogP contribution in [0.5, 0.6) is 0 Å². The van der Waals surface area contributed by atoms with Gasteiger partial charge in [0, 0.05) is 36.1 Å². The van der Waals surface area contributed by atoms with Crippen molar-refractivity contribution in [1.29, 1.82) is 0 Å². The molecule has 0 aromatic heterocycles. The lowest BCUT2D eigenvalue weighted by Crippen LogP contribution is -2.65. The number of benzene rings is 1. The molecule has 1 N–H and O–H groups in total. The molecule has 2 aliphatic heterocycles. The van der Waals surface area contributed by atoms with Crippen LogP contribution in [0.25, 0.3) is 0 Å². The minimum absolute atomic E-state index is 0.0186. The highest BCUT2D eigenvalue weighted by Crippen LogP contribution is 2.55. The molecule has 0 bridgehead atoms. The second-order valence-corrected chi connectivity index (χ2v) is 9.89. The van der Waals surface area contributed by atoms with Crippen molar-refractivity contribution in [3.63, 3.8) is 0 Å². The van der Waals surface area contributed by atoms with Crippen LogP contribution < -0.4 is 0 Å². The number of ether oxygens (including phenoxy) is 1. The molecule has 0 radical (unpaired) electrons. The normalized spacial score (nSPS) is 38.9. The molecule has 29 heavy (non-hydrogen) atoms. The summed E-state index contributed by atoms with van der Waals surface area (Å²) in [6, 6.07) is 6.27. The van der Waals surface area contributed by atoms with Crippen molar-refractivity contribution in [1.82, 2.24) is 4.90 Å². The van der Waals surface area contributed by atoms with E-state index >= 15 is 0 Å². The van der Waals surface area contributed by atoms with E-state index in [-0.39, 0.29) is 23.2 Å². The van der Waals surface area contributed by atoms with Crippen molar-refractivity contribution in [2.45, 2.75) is 70.4 Å². The van der Waals surface area contributed by atoms with Crippen molar-refractivity contribution in [3.05, 3.63) is 52.1 Å². The fraction of sp³-hybridized carbons (Fsp3) is 0.652. The zero-order valence-electron chi connectivity index (χ0n) is 17.8. The molecule has 0 unspecified atom stereocenters. The first-order valence-corrected chi connectivity index (χ1v) is 10.6. The maximum atomic E-state index is 12.1. The van der Waals surface area contributed by atoms with Crippen LogP contribution in [0.2, 0.25) is 0 Å². The number of fused-ring (bicyclic) bond motifs is 2. The monoisotopic (exact) mass is 400 g/mol. The fourth-order valence-electron chi connectivity index (χ4n) is 5.95. The summed E-state index contributed by atoms with van der Waals surface area (Å²) in [6.07, 6.45) is 2.97. The molecule has 1 aliphatic carbocycles. The summed E-state index contributed by atoms with van der Waals surface area (Å²) in [4.78, 5) is 13.0. The van der Waals surface area contributed by atoms with Crippen molar-refractivity contribution in [2.75, 3.05) is 6.54 Å². The molecule has 158 valence electrons. The molecular formula is C23H32N2O4. The SMILES string of the molecule is C=C(C)[C@H]1CN2[C@@H](O[C@@H]3C[C@H](C)CC[C@H]3C2(C)C)[C@]1(O)c1ccc([N+](=O)[O-])cc1. The minimum Gasteiger partial charge on any atom is -0.380 e. The van der Waals surface area contributed by atoms with Crippen LogP contribution in [0.4, 0.5) is 5.69 Å². The third kappa shape index (κ3) is 3.04. The summed E-state index contributed by atoms with van der Waals surface area (Å²) in [7, 11) is 0. The molecule has 1 aromatic rings. The number of nitrogens with zero attached hydrogens (tertiary/aromatic N) is 2. The highest BCUT2D eigenvalue weighted by Gasteiger charge is 2.63. The van der Waals surface area contributed by atoms with Gasteiger partial charge in [-0.2, -0.15) is 0 Å². The Morgan fingerprint density at radius 2 is 1.97 bits per heavy atom. The first-order valence-electron chi connectivity index (χ1n) is 10.6. The second-order valence-electron chi connectivity index (χ2n) is 9.89. The molecule has 3 fully saturated rings. The lowest BCUT2D eigenvalue weighted by Gasteiger charge is -2.56. The van der Waals surface area contributed by atoms with Gasteiger partial charge in [-0.15, -0.1) is 0 Å². The van der Waals surface area contributed by atoms with Crippen molar-refractivity contribution >= 4 is 5.69 Å². The number of non-ortho nitro benzene ring substituents is 1. The molecule has 2 saturated heterocycles. The van der Waals surface area contributed by atoms with E-state index in [0.717, 1.165) is 18.4 Å². The molecule has 6 heteroatoms. The Bertz CT molecular complexity index is 821. The second kappa shape index (κ2) is 6.89.